The summed E-state index contributed by atoms with van der Waals surface area (Å²) in [5.41, 5.74) is 19.6. The third kappa shape index (κ3) is 5.59. The van der Waals surface area contributed by atoms with Crippen LogP contribution in [0.5, 0.6) is 0 Å². The second-order valence-electron chi connectivity index (χ2n) is 13.3. The Bertz CT molecular complexity index is 2530. The van der Waals surface area contributed by atoms with Crippen LogP contribution in [0.4, 0.5) is 0 Å². The Balaban J connectivity index is 1.47. The second-order valence-corrected chi connectivity index (χ2v) is 13.3. The monoisotopic (exact) mass is 657 g/mol. The van der Waals surface area contributed by atoms with Gasteiger partial charge in [-0.25, -0.2) is 9.97 Å². The lowest BCUT2D eigenvalue weighted by Crippen LogP contribution is -1.91. The summed E-state index contributed by atoms with van der Waals surface area (Å²) in [7, 11) is 0. The van der Waals surface area contributed by atoms with E-state index in [4.69, 9.17) is 9.97 Å². The van der Waals surface area contributed by atoms with Crippen molar-refractivity contribution in [3.8, 4) is 44.5 Å². The maximum absolute atomic E-state index is 5.38. The zero-order valence-corrected chi connectivity index (χ0v) is 28.7. The molecule has 4 aromatic heterocycles. The minimum atomic E-state index is 0.880. The summed E-state index contributed by atoms with van der Waals surface area (Å²) in [6, 6.07) is 38.8. The van der Waals surface area contributed by atoms with Crippen molar-refractivity contribution in [2.75, 3.05) is 0 Å². The fraction of sp³-hybridized carbons (Fsp3) is 0.0652. The van der Waals surface area contributed by atoms with Crippen molar-refractivity contribution in [2.45, 2.75) is 20.8 Å². The first-order valence-corrected chi connectivity index (χ1v) is 17.3. The molecule has 0 saturated carbocycles. The maximum Gasteiger partial charge on any atom is 0.0738 e. The van der Waals surface area contributed by atoms with Crippen molar-refractivity contribution in [3.63, 3.8) is 0 Å². The highest BCUT2D eigenvalue weighted by molar-refractivity contribution is 6.00. The fourth-order valence-electron chi connectivity index (χ4n) is 7.10. The summed E-state index contributed by atoms with van der Waals surface area (Å²) in [6.07, 6.45) is 12.2. The van der Waals surface area contributed by atoms with E-state index in [2.05, 4.69) is 169 Å². The van der Waals surface area contributed by atoms with Gasteiger partial charge in [-0.05, 0) is 104 Å². The number of H-pyrrole nitrogens is 2. The number of aromatic amines is 2. The van der Waals surface area contributed by atoms with Crippen LogP contribution in [0.15, 0.2) is 122 Å². The summed E-state index contributed by atoms with van der Waals surface area (Å²) >= 11 is 0. The summed E-state index contributed by atoms with van der Waals surface area (Å²) in [5, 5.41) is 0. The Morgan fingerprint density at radius 1 is 0.333 bits per heavy atom. The highest BCUT2D eigenvalue weighted by Crippen LogP contribution is 2.38. The van der Waals surface area contributed by atoms with Crippen molar-refractivity contribution in [1.82, 2.24) is 24.9 Å². The third-order valence-electron chi connectivity index (χ3n) is 9.74. The van der Waals surface area contributed by atoms with Crippen LogP contribution in [0.1, 0.15) is 39.5 Å². The van der Waals surface area contributed by atoms with Gasteiger partial charge in [0.1, 0.15) is 0 Å². The molecule has 0 saturated heterocycles. The average molecular weight is 658 g/mol. The molecule has 3 aromatic carbocycles. The molecule has 5 nitrogen and oxygen atoms in total. The zero-order chi connectivity index (χ0) is 34.5. The van der Waals surface area contributed by atoms with E-state index in [1.807, 2.05) is 12.4 Å². The van der Waals surface area contributed by atoms with Crippen LogP contribution in [0, 0.1) is 20.8 Å². The molecular weight excluding hydrogens is 623 g/mol. The number of benzene rings is 3. The molecule has 0 amide bonds. The highest BCUT2D eigenvalue weighted by atomic mass is 14.8. The number of nitrogens with one attached hydrogen (secondary N) is 2. The molecule has 2 aliphatic heterocycles. The molecule has 0 fully saturated rings. The molecule has 6 heterocycles. The van der Waals surface area contributed by atoms with Gasteiger partial charge in [0.15, 0.2) is 0 Å². The van der Waals surface area contributed by atoms with Gasteiger partial charge in [-0.15, -0.1) is 0 Å². The quantitative estimate of drug-likeness (QED) is 0.198. The first kappa shape index (κ1) is 30.5. The standard InChI is InChI=1S/C46H35N5/c1-28-4-10-31(11-5-28)43-35-16-18-37(48-35)44(32-12-6-29(2)7-13-32)39-20-22-41(50-39)46(34-24-26-47-27-25-34)42-23-21-40(51-42)45(38-19-17-36(43)49-38)33-14-8-30(3)9-15-33/h4-27,50-51H,1-3H3. The lowest BCUT2D eigenvalue weighted by molar-refractivity contribution is 1.27. The smallest absolute Gasteiger partial charge is 0.0738 e. The third-order valence-corrected chi connectivity index (χ3v) is 9.74. The number of hydrogen-bond acceptors (Lipinski definition) is 3. The van der Waals surface area contributed by atoms with Crippen molar-refractivity contribution < 1.29 is 0 Å². The average Bonchev–Trinajstić information content (AvgIpc) is 3.99. The number of aryl methyl sites for hydroxylation is 3. The van der Waals surface area contributed by atoms with Gasteiger partial charge < -0.3 is 9.97 Å². The number of pyridine rings is 1. The van der Waals surface area contributed by atoms with Gasteiger partial charge in [0.05, 0.1) is 22.8 Å². The summed E-state index contributed by atoms with van der Waals surface area (Å²) < 4.78 is 0. The molecule has 9 rings (SSSR count). The van der Waals surface area contributed by atoms with E-state index in [1.54, 1.807) is 0 Å². The van der Waals surface area contributed by atoms with Gasteiger partial charge in [-0.1, -0.05) is 89.5 Å². The Labute approximate surface area is 296 Å². The van der Waals surface area contributed by atoms with E-state index in [0.29, 0.717) is 0 Å². The van der Waals surface area contributed by atoms with Crippen LogP contribution < -0.4 is 0 Å². The lowest BCUT2D eigenvalue weighted by Gasteiger charge is -2.07. The molecule has 0 radical (unpaired) electrons. The molecule has 2 N–H and O–H groups in total. The van der Waals surface area contributed by atoms with E-state index in [9.17, 15) is 0 Å². The largest absolute Gasteiger partial charge is 0.354 e. The van der Waals surface area contributed by atoms with Gasteiger partial charge in [0.25, 0.3) is 0 Å². The Morgan fingerprint density at radius 3 is 1.04 bits per heavy atom. The Hall–Kier alpha value is -6.59. The molecule has 8 bridgehead atoms. The van der Waals surface area contributed by atoms with Crippen LogP contribution in [-0.4, -0.2) is 24.9 Å². The predicted octanol–water partition coefficient (Wildman–Crippen LogP) is 11.6. The summed E-state index contributed by atoms with van der Waals surface area (Å²) in [5.74, 6) is 0. The molecule has 5 heteroatoms. The van der Waals surface area contributed by atoms with Gasteiger partial charge in [-0.2, -0.15) is 0 Å². The molecule has 2 aliphatic rings. The number of nitrogens with zero attached hydrogens (tertiary/aromatic N) is 3. The van der Waals surface area contributed by atoms with Gasteiger partial charge in [0, 0.05) is 56.7 Å². The van der Waals surface area contributed by atoms with Gasteiger partial charge in [-0.3, -0.25) is 4.98 Å². The Morgan fingerprint density at radius 2 is 0.647 bits per heavy atom. The SMILES string of the molecule is Cc1ccc(-c2c3nc(c(-c4ccc(C)cc4)c4ccc([nH]4)c(-c4ccncc4)c4ccc([nH]4)c(-c4ccc(C)cc4)c4nc2C=C4)C=C3)cc1. The van der Waals surface area contributed by atoms with Crippen molar-refractivity contribution in [1.29, 1.82) is 0 Å². The number of aromatic nitrogens is 5. The summed E-state index contributed by atoms with van der Waals surface area (Å²) in [4.78, 5) is 22.7. The van der Waals surface area contributed by atoms with E-state index in [0.717, 1.165) is 89.4 Å². The van der Waals surface area contributed by atoms with E-state index in [1.165, 1.54) is 16.7 Å². The molecule has 51 heavy (non-hydrogen) atoms. The van der Waals surface area contributed by atoms with E-state index < -0.39 is 0 Å². The number of hydrogen-bond donors (Lipinski definition) is 2. The van der Waals surface area contributed by atoms with Crippen LogP contribution in [0.2, 0.25) is 0 Å². The van der Waals surface area contributed by atoms with Crippen LogP contribution in [-0.2, 0) is 0 Å². The topological polar surface area (TPSA) is 70.2 Å². The maximum atomic E-state index is 5.38. The van der Waals surface area contributed by atoms with Crippen LogP contribution in [0.3, 0.4) is 0 Å². The van der Waals surface area contributed by atoms with Gasteiger partial charge >= 0.3 is 0 Å². The predicted molar refractivity (Wildman–Crippen MR) is 213 cm³/mol. The minimum absolute atomic E-state index is 0.880. The molecule has 0 aliphatic carbocycles. The fourth-order valence-corrected chi connectivity index (χ4v) is 7.10. The lowest BCUT2D eigenvalue weighted by atomic mass is 10.0. The molecule has 7 aromatic rings. The highest BCUT2D eigenvalue weighted by Gasteiger charge is 2.19. The molecule has 0 atom stereocenters. The molecule has 244 valence electrons. The zero-order valence-electron chi connectivity index (χ0n) is 28.7. The van der Waals surface area contributed by atoms with E-state index in [-0.39, 0.29) is 0 Å². The van der Waals surface area contributed by atoms with Crippen LogP contribution >= 0.6 is 0 Å². The van der Waals surface area contributed by atoms with Crippen molar-refractivity contribution >= 4 is 46.4 Å². The summed E-state index contributed by atoms with van der Waals surface area (Å²) in [6.45, 7) is 6.35. The minimum Gasteiger partial charge on any atom is -0.354 e. The normalized spacial score (nSPS) is 12.1. The van der Waals surface area contributed by atoms with Crippen molar-refractivity contribution in [2.24, 2.45) is 0 Å². The number of fused-ring (bicyclic) bond motifs is 8. The molecule has 0 spiro atoms. The number of rotatable bonds is 4. The molecule has 0 unspecified atom stereocenters. The van der Waals surface area contributed by atoms with E-state index >= 15 is 0 Å². The molecular formula is C46H35N5. The van der Waals surface area contributed by atoms with Crippen LogP contribution in [0.25, 0.3) is 90.9 Å². The van der Waals surface area contributed by atoms with Gasteiger partial charge in [0.2, 0.25) is 0 Å². The van der Waals surface area contributed by atoms with Crippen molar-refractivity contribution in [3.05, 3.63) is 161 Å². The second kappa shape index (κ2) is 12.4. The first-order chi connectivity index (χ1) is 25.0. The first-order valence-electron chi connectivity index (χ1n) is 17.3. The Kier molecular flexibility index (Phi) is 7.40.